The molecule has 5 heteroatoms. The van der Waals surface area contributed by atoms with Gasteiger partial charge in [-0.2, -0.15) is 0 Å². The van der Waals surface area contributed by atoms with Gasteiger partial charge in [0.2, 0.25) is 0 Å². The SMILES string of the molecule is CCOc1ccc(/C(O)=C2/C(=O)C(=O)N(c3ccc(C)c(C)c3)C2c2ccccc2)cc1C(C)C. The summed E-state index contributed by atoms with van der Waals surface area (Å²) in [5.41, 5.74) is 4.98. The van der Waals surface area contributed by atoms with Crippen LogP contribution in [0.1, 0.15) is 60.5 Å². The molecular formula is C30H31NO4. The molecule has 0 spiro atoms. The summed E-state index contributed by atoms with van der Waals surface area (Å²) in [6.45, 7) is 10.5. The number of rotatable bonds is 6. The molecule has 4 rings (SSSR count). The Balaban J connectivity index is 1.92. The van der Waals surface area contributed by atoms with E-state index in [4.69, 9.17) is 4.74 Å². The zero-order chi connectivity index (χ0) is 25.3. The summed E-state index contributed by atoms with van der Waals surface area (Å²) < 4.78 is 5.76. The molecule has 0 saturated carbocycles. The third kappa shape index (κ3) is 4.46. The Morgan fingerprint density at radius 3 is 2.31 bits per heavy atom. The predicted octanol–water partition coefficient (Wildman–Crippen LogP) is 6.45. The molecule has 1 N–H and O–H groups in total. The number of carbonyl (C=O) groups excluding carboxylic acids is 2. The van der Waals surface area contributed by atoms with E-state index in [0.717, 1.165) is 28.0 Å². The lowest BCUT2D eigenvalue weighted by atomic mass is 9.93. The van der Waals surface area contributed by atoms with Crippen molar-refractivity contribution in [1.82, 2.24) is 0 Å². The van der Waals surface area contributed by atoms with E-state index in [1.165, 1.54) is 4.90 Å². The number of aliphatic hydroxyl groups excluding tert-OH is 1. The Labute approximate surface area is 206 Å². The van der Waals surface area contributed by atoms with Gasteiger partial charge < -0.3 is 9.84 Å². The Morgan fingerprint density at radius 2 is 1.69 bits per heavy atom. The van der Waals surface area contributed by atoms with Gasteiger partial charge in [-0.15, -0.1) is 0 Å². The van der Waals surface area contributed by atoms with E-state index >= 15 is 0 Å². The van der Waals surface area contributed by atoms with Crippen molar-refractivity contribution < 1.29 is 19.4 Å². The molecule has 1 heterocycles. The van der Waals surface area contributed by atoms with Gasteiger partial charge >= 0.3 is 0 Å². The predicted molar refractivity (Wildman–Crippen MR) is 139 cm³/mol. The molecule has 1 fully saturated rings. The molecule has 0 radical (unpaired) electrons. The fourth-order valence-electron chi connectivity index (χ4n) is 4.51. The summed E-state index contributed by atoms with van der Waals surface area (Å²) in [6.07, 6.45) is 0. The molecular weight excluding hydrogens is 438 g/mol. The molecule has 1 saturated heterocycles. The van der Waals surface area contributed by atoms with E-state index < -0.39 is 17.7 Å². The van der Waals surface area contributed by atoms with Crippen molar-refractivity contribution in [3.8, 4) is 5.75 Å². The van der Waals surface area contributed by atoms with Crippen molar-refractivity contribution in [2.75, 3.05) is 11.5 Å². The van der Waals surface area contributed by atoms with Gasteiger partial charge in [-0.3, -0.25) is 14.5 Å². The van der Waals surface area contributed by atoms with Gasteiger partial charge in [-0.05, 0) is 79.3 Å². The molecule has 3 aromatic carbocycles. The molecule has 1 aliphatic rings. The highest BCUT2D eigenvalue weighted by atomic mass is 16.5. The summed E-state index contributed by atoms with van der Waals surface area (Å²) in [4.78, 5) is 28.2. The first-order chi connectivity index (χ1) is 16.7. The van der Waals surface area contributed by atoms with E-state index in [2.05, 4.69) is 0 Å². The molecule has 0 bridgehead atoms. The molecule has 1 atom stereocenters. The lowest BCUT2D eigenvalue weighted by Crippen LogP contribution is -2.29. The lowest BCUT2D eigenvalue weighted by molar-refractivity contribution is -0.132. The summed E-state index contributed by atoms with van der Waals surface area (Å²) in [5.74, 6) is -0.650. The highest BCUT2D eigenvalue weighted by Gasteiger charge is 2.47. The van der Waals surface area contributed by atoms with E-state index in [9.17, 15) is 14.7 Å². The van der Waals surface area contributed by atoms with Gasteiger partial charge in [0, 0.05) is 11.3 Å². The van der Waals surface area contributed by atoms with Crippen LogP contribution in [0.25, 0.3) is 5.76 Å². The van der Waals surface area contributed by atoms with Crippen LogP contribution in [0.15, 0.2) is 72.3 Å². The average molecular weight is 470 g/mol. The third-order valence-electron chi connectivity index (χ3n) is 6.53. The minimum atomic E-state index is -0.743. The first-order valence-corrected chi connectivity index (χ1v) is 11.9. The van der Waals surface area contributed by atoms with E-state index in [1.54, 1.807) is 6.07 Å². The lowest BCUT2D eigenvalue weighted by Gasteiger charge is -2.26. The van der Waals surface area contributed by atoms with Crippen LogP contribution < -0.4 is 9.64 Å². The topological polar surface area (TPSA) is 66.8 Å². The maximum atomic E-state index is 13.4. The second-order valence-electron chi connectivity index (χ2n) is 9.19. The summed E-state index contributed by atoms with van der Waals surface area (Å²) >= 11 is 0. The molecule has 1 amide bonds. The number of nitrogens with zero attached hydrogens (tertiary/aromatic N) is 1. The molecule has 180 valence electrons. The second-order valence-corrected chi connectivity index (χ2v) is 9.19. The van der Waals surface area contributed by atoms with Gasteiger partial charge in [-0.1, -0.05) is 50.2 Å². The van der Waals surface area contributed by atoms with Crippen molar-refractivity contribution in [3.63, 3.8) is 0 Å². The van der Waals surface area contributed by atoms with Crippen LogP contribution in [-0.2, 0) is 9.59 Å². The van der Waals surface area contributed by atoms with Crippen molar-refractivity contribution in [3.05, 3.63) is 100 Å². The maximum absolute atomic E-state index is 13.4. The third-order valence-corrected chi connectivity index (χ3v) is 6.53. The highest BCUT2D eigenvalue weighted by molar-refractivity contribution is 6.51. The molecule has 3 aromatic rings. The zero-order valence-electron chi connectivity index (χ0n) is 20.8. The number of carbonyl (C=O) groups is 2. The number of hydrogen-bond acceptors (Lipinski definition) is 4. The molecule has 0 aliphatic carbocycles. The van der Waals surface area contributed by atoms with Crippen molar-refractivity contribution in [1.29, 1.82) is 0 Å². The Bertz CT molecular complexity index is 1310. The van der Waals surface area contributed by atoms with Gasteiger partial charge in [0.1, 0.15) is 11.5 Å². The first-order valence-electron chi connectivity index (χ1n) is 11.9. The smallest absolute Gasteiger partial charge is 0.300 e. The van der Waals surface area contributed by atoms with Gasteiger partial charge in [0.25, 0.3) is 11.7 Å². The molecule has 1 unspecified atom stereocenters. The van der Waals surface area contributed by atoms with Crippen LogP contribution in [0.2, 0.25) is 0 Å². The number of ether oxygens (including phenoxy) is 1. The quantitative estimate of drug-likeness (QED) is 0.256. The number of aliphatic hydroxyl groups is 1. The number of hydrogen-bond donors (Lipinski definition) is 1. The summed E-state index contributed by atoms with van der Waals surface area (Å²) in [7, 11) is 0. The standard InChI is InChI=1S/C30H31NO4/c1-6-35-25-15-13-22(17-24(25)18(2)3)28(32)26-27(21-10-8-7-9-11-21)31(30(34)29(26)33)23-14-12-19(4)20(5)16-23/h7-18,27,32H,6H2,1-5H3/b28-26-. The summed E-state index contributed by atoms with van der Waals surface area (Å²) in [5, 5.41) is 11.5. The normalized spacial score (nSPS) is 17.3. The number of benzene rings is 3. The molecule has 0 aromatic heterocycles. The maximum Gasteiger partial charge on any atom is 0.300 e. The van der Waals surface area contributed by atoms with Gasteiger partial charge in [-0.25, -0.2) is 0 Å². The fraction of sp³-hybridized carbons (Fsp3) is 0.267. The minimum absolute atomic E-state index is 0.0818. The van der Waals surface area contributed by atoms with Crippen LogP contribution in [0.3, 0.4) is 0 Å². The second kappa shape index (κ2) is 9.79. The molecule has 35 heavy (non-hydrogen) atoms. The Hall–Kier alpha value is -3.86. The van der Waals surface area contributed by atoms with Crippen LogP contribution in [-0.4, -0.2) is 23.4 Å². The number of anilines is 1. The average Bonchev–Trinajstić information content (AvgIpc) is 3.11. The number of amides is 1. The fourth-order valence-corrected chi connectivity index (χ4v) is 4.51. The van der Waals surface area contributed by atoms with Crippen molar-refractivity contribution in [2.24, 2.45) is 0 Å². The largest absolute Gasteiger partial charge is 0.507 e. The Kier molecular flexibility index (Phi) is 6.79. The molecule has 5 nitrogen and oxygen atoms in total. The van der Waals surface area contributed by atoms with E-state index in [1.807, 2.05) is 95.3 Å². The summed E-state index contributed by atoms with van der Waals surface area (Å²) in [6, 6.07) is 19.7. The number of Topliss-reactive ketones (excluding diaryl/α,β-unsaturated/α-hetero) is 1. The first kappa shape index (κ1) is 24.3. The van der Waals surface area contributed by atoms with Crippen molar-refractivity contribution >= 4 is 23.1 Å². The number of ketones is 1. The van der Waals surface area contributed by atoms with Gasteiger partial charge in [0.15, 0.2) is 0 Å². The highest BCUT2D eigenvalue weighted by Crippen LogP contribution is 2.43. The monoisotopic (exact) mass is 469 g/mol. The van der Waals surface area contributed by atoms with Crippen LogP contribution in [0.4, 0.5) is 5.69 Å². The number of aryl methyl sites for hydroxylation is 2. The Morgan fingerprint density at radius 1 is 0.971 bits per heavy atom. The van der Waals surface area contributed by atoms with E-state index in [-0.39, 0.29) is 17.3 Å². The van der Waals surface area contributed by atoms with E-state index in [0.29, 0.717) is 17.9 Å². The molecule has 1 aliphatic heterocycles. The van der Waals surface area contributed by atoms with Crippen molar-refractivity contribution in [2.45, 2.75) is 46.6 Å². The zero-order valence-corrected chi connectivity index (χ0v) is 20.8. The van der Waals surface area contributed by atoms with Gasteiger partial charge in [0.05, 0.1) is 18.2 Å². The van der Waals surface area contributed by atoms with Crippen LogP contribution in [0, 0.1) is 13.8 Å². The van der Waals surface area contributed by atoms with Crippen LogP contribution >= 0.6 is 0 Å². The van der Waals surface area contributed by atoms with Crippen LogP contribution in [0.5, 0.6) is 5.75 Å². The minimum Gasteiger partial charge on any atom is -0.507 e.